The van der Waals surface area contributed by atoms with Crippen LogP contribution in [0.2, 0.25) is 0 Å². The molecule has 1 saturated heterocycles. The lowest BCUT2D eigenvalue weighted by molar-refractivity contribution is -0.122. The minimum absolute atomic E-state index is 0.0630. The third-order valence-corrected chi connectivity index (χ3v) is 2.22. The number of piperidine rings is 1. The molecule has 2 rings (SSSR count). The molecule has 1 amide bonds. The molecule has 0 spiro atoms. The van der Waals surface area contributed by atoms with Gasteiger partial charge in [-0.15, -0.1) is 0 Å². The fraction of sp³-hybridized carbons (Fsp3) is 0.444. The fourth-order valence-electron chi connectivity index (χ4n) is 1.43. The summed E-state index contributed by atoms with van der Waals surface area (Å²) in [5.74, 6) is -0.0110. The molecular formula is C9H11FN4O. The smallest absolute Gasteiger partial charge is 0.223 e. The molecule has 0 saturated carbocycles. The van der Waals surface area contributed by atoms with Gasteiger partial charge in [0.05, 0.1) is 12.4 Å². The van der Waals surface area contributed by atoms with Crippen molar-refractivity contribution < 1.29 is 9.18 Å². The summed E-state index contributed by atoms with van der Waals surface area (Å²) in [6.07, 6.45) is 3.46. The van der Waals surface area contributed by atoms with Gasteiger partial charge in [-0.05, 0) is 6.42 Å². The normalized spacial score (nSPS) is 20.9. The third kappa shape index (κ3) is 2.61. The van der Waals surface area contributed by atoms with E-state index in [4.69, 9.17) is 0 Å². The standard InChI is InChI=1S/C9H11FN4O/c10-6-3-12-9(13-4-6)14-7-1-2-8(15)11-5-7/h3-4,7H,1-2,5H2,(H,11,15)(H,12,13,14). The number of aromatic nitrogens is 2. The van der Waals surface area contributed by atoms with Crippen molar-refractivity contribution in [2.24, 2.45) is 0 Å². The summed E-state index contributed by atoms with van der Waals surface area (Å²) in [7, 11) is 0. The van der Waals surface area contributed by atoms with E-state index in [0.717, 1.165) is 18.8 Å². The maximum Gasteiger partial charge on any atom is 0.223 e. The van der Waals surface area contributed by atoms with Gasteiger partial charge in [0, 0.05) is 19.0 Å². The van der Waals surface area contributed by atoms with Gasteiger partial charge in [-0.2, -0.15) is 0 Å². The summed E-state index contributed by atoms with van der Waals surface area (Å²) in [4.78, 5) is 18.4. The number of amides is 1. The molecule has 1 unspecified atom stereocenters. The average molecular weight is 210 g/mol. The van der Waals surface area contributed by atoms with Crippen LogP contribution in [-0.4, -0.2) is 28.5 Å². The van der Waals surface area contributed by atoms with Gasteiger partial charge in [-0.1, -0.05) is 0 Å². The molecule has 2 N–H and O–H groups in total. The molecule has 1 aliphatic rings. The summed E-state index contributed by atoms with van der Waals surface area (Å²) in [5.41, 5.74) is 0. The first-order valence-corrected chi connectivity index (χ1v) is 4.75. The van der Waals surface area contributed by atoms with Gasteiger partial charge in [0.1, 0.15) is 0 Å². The van der Waals surface area contributed by atoms with Crippen molar-refractivity contribution in [1.82, 2.24) is 15.3 Å². The van der Waals surface area contributed by atoms with Crippen molar-refractivity contribution in [2.75, 3.05) is 11.9 Å². The maximum atomic E-state index is 12.5. The molecule has 1 aromatic heterocycles. The minimum atomic E-state index is -0.461. The molecule has 1 fully saturated rings. The third-order valence-electron chi connectivity index (χ3n) is 2.22. The Morgan fingerprint density at radius 3 is 2.80 bits per heavy atom. The number of carbonyl (C=O) groups is 1. The molecule has 1 aliphatic heterocycles. The SMILES string of the molecule is O=C1CCC(Nc2ncc(F)cn2)CN1. The van der Waals surface area contributed by atoms with Crippen molar-refractivity contribution in [3.63, 3.8) is 0 Å². The molecular weight excluding hydrogens is 199 g/mol. The molecule has 1 atom stereocenters. The lowest BCUT2D eigenvalue weighted by atomic mass is 10.1. The molecule has 6 heteroatoms. The molecule has 0 bridgehead atoms. The first kappa shape index (κ1) is 9.82. The zero-order valence-corrected chi connectivity index (χ0v) is 8.03. The van der Waals surface area contributed by atoms with Crippen LogP contribution < -0.4 is 10.6 Å². The second-order valence-electron chi connectivity index (χ2n) is 3.41. The van der Waals surface area contributed by atoms with E-state index >= 15 is 0 Å². The van der Waals surface area contributed by atoms with Gasteiger partial charge < -0.3 is 10.6 Å². The molecule has 80 valence electrons. The highest BCUT2D eigenvalue weighted by Gasteiger charge is 2.18. The Bertz CT molecular complexity index is 344. The van der Waals surface area contributed by atoms with Crippen molar-refractivity contribution in [2.45, 2.75) is 18.9 Å². The largest absolute Gasteiger partial charge is 0.354 e. The Balaban J connectivity index is 1.91. The molecule has 15 heavy (non-hydrogen) atoms. The lowest BCUT2D eigenvalue weighted by Gasteiger charge is -2.23. The molecule has 0 radical (unpaired) electrons. The van der Waals surface area contributed by atoms with Gasteiger partial charge in [-0.3, -0.25) is 4.79 Å². The van der Waals surface area contributed by atoms with E-state index in [1.807, 2.05) is 0 Å². The lowest BCUT2D eigenvalue weighted by Crippen LogP contribution is -2.42. The number of nitrogens with zero attached hydrogens (tertiary/aromatic N) is 2. The number of anilines is 1. The van der Waals surface area contributed by atoms with Crippen molar-refractivity contribution >= 4 is 11.9 Å². The summed E-state index contributed by atoms with van der Waals surface area (Å²) in [5, 5.41) is 5.76. The van der Waals surface area contributed by atoms with E-state index in [1.54, 1.807) is 0 Å². The highest BCUT2D eigenvalue weighted by molar-refractivity contribution is 5.76. The summed E-state index contributed by atoms with van der Waals surface area (Å²) in [6.45, 7) is 0.555. The number of nitrogens with one attached hydrogen (secondary N) is 2. The van der Waals surface area contributed by atoms with Gasteiger partial charge in [-0.25, -0.2) is 14.4 Å². The minimum Gasteiger partial charge on any atom is -0.354 e. The molecule has 0 aliphatic carbocycles. The molecule has 5 nitrogen and oxygen atoms in total. The maximum absolute atomic E-state index is 12.5. The van der Waals surface area contributed by atoms with Crippen LogP contribution in [0, 0.1) is 5.82 Å². The van der Waals surface area contributed by atoms with Gasteiger partial charge in [0.25, 0.3) is 0 Å². The molecule has 0 aromatic carbocycles. The van der Waals surface area contributed by atoms with E-state index in [2.05, 4.69) is 20.6 Å². The average Bonchev–Trinajstić information content (AvgIpc) is 2.25. The molecule has 1 aromatic rings. The van der Waals surface area contributed by atoms with E-state index in [9.17, 15) is 9.18 Å². The quantitative estimate of drug-likeness (QED) is 0.737. The van der Waals surface area contributed by atoms with Gasteiger partial charge in [0.2, 0.25) is 11.9 Å². The zero-order chi connectivity index (χ0) is 10.7. The second kappa shape index (κ2) is 4.20. The highest BCUT2D eigenvalue weighted by Crippen LogP contribution is 2.08. The first-order valence-electron chi connectivity index (χ1n) is 4.75. The van der Waals surface area contributed by atoms with Crippen LogP contribution in [0.25, 0.3) is 0 Å². The van der Waals surface area contributed by atoms with Crippen LogP contribution in [-0.2, 0) is 4.79 Å². The van der Waals surface area contributed by atoms with Crippen LogP contribution >= 0.6 is 0 Å². The van der Waals surface area contributed by atoms with Crippen LogP contribution in [0.3, 0.4) is 0 Å². The van der Waals surface area contributed by atoms with Crippen molar-refractivity contribution in [3.8, 4) is 0 Å². The number of carbonyl (C=O) groups excluding carboxylic acids is 1. The Morgan fingerprint density at radius 2 is 2.20 bits per heavy atom. The Hall–Kier alpha value is -1.72. The second-order valence-corrected chi connectivity index (χ2v) is 3.41. The highest BCUT2D eigenvalue weighted by atomic mass is 19.1. The van der Waals surface area contributed by atoms with Crippen LogP contribution in [0.15, 0.2) is 12.4 Å². The van der Waals surface area contributed by atoms with Crippen LogP contribution in [0.1, 0.15) is 12.8 Å². The number of halogens is 1. The van der Waals surface area contributed by atoms with E-state index in [0.29, 0.717) is 18.9 Å². The Labute approximate surface area is 86.1 Å². The Morgan fingerprint density at radius 1 is 1.47 bits per heavy atom. The number of hydrogen-bond acceptors (Lipinski definition) is 4. The predicted octanol–water partition coefficient (Wildman–Crippen LogP) is 0.306. The van der Waals surface area contributed by atoms with Gasteiger partial charge in [0.15, 0.2) is 5.82 Å². The number of hydrogen-bond donors (Lipinski definition) is 2. The van der Waals surface area contributed by atoms with Crippen molar-refractivity contribution in [1.29, 1.82) is 0 Å². The van der Waals surface area contributed by atoms with E-state index < -0.39 is 5.82 Å². The first-order chi connectivity index (χ1) is 7.24. The van der Waals surface area contributed by atoms with E-state index in [-0.39, 0.29) is 11.9 Å². The summed E-state index contributed by atoms with van der Waals surface area (Å²) >= 11 is 0. The van der Waals surface area contributed by atoms with Crippen LogP contribution in [0.5, 0.6) is 0 Å². The molecule has 2 heterocycles. The van der Waals surface area contributed by atoms with Gasteiger partial charge >= 0.3 is 0 Å². The monoisotopic (exact) mass is 210 g/mol. The Kier molecular flexibility index (Phi) is 2.75. The van der Waals surface area contributed by atoms with Crippen LogP contribution in [0.4, 0.5) is 10.3 Å². The summed E-state index contributed by atoms with van der Waals surface area (Å²) < 4.78 is 12.5. The summed E-state index contributed by atoms with van der Waals surface area (Å²) in [6, 6.07) is 0.119. The van der Waals surface area contributed by atoms with E-state index in [1.165, 1.54) is 0 Å². The fourth-order valence-corrected chi connectivity index (χ4v) is 1.43. The predicted molar refractivity (Wildman–Crippen MR) is 51.6 cm³/mol. The zero-order valence-electron chi connectivity index (χ0n) is 8.03. The topological polar surface area (TPSA) is 66.9 Å². The number of rotatable bonds is 2. The van der Waals surface area contributed by atoms with Crippen molar-refractivity contribution in [3.05, 3.63) is 18.2 Å².